The monoisotopic (exact) mass is 245 g/mol. The van der Waals surface area contributed by atoms with Gasteiger partial charge in [-0.05, 0) is 37.3 Å². The average Bonchev–Trinajstić information content (AvgIpc) is 2.30. The van der Waals surface area contributed by atoms with Gasteiger partial charge in [0.15, 0.2) is 0 Å². The molecule has 0 aromatic heterocycles. The lowest BCUT2D eigenvalue weighted by atomic mass is 10.2. The van der Waals surface area contributed by atoms with Crippen molar-refractivity contribution < 1.29 is 5.11 Å². The van der Waals surface area contributed by atoms with Crippen LogP contribution in [0, 0.1) is 6.92 Å². The summed E-state index contributed by atoms with van der Waals surface area (Å²) in [6.45, 7) is 2.07. The highest BCUT2D eigenvalue weighted by Gasteiger charge is 2.03. The molecular weight excluding hydrogens is 230 g/mol. The fourth-order valence-electron chi connectivity index (χ4n) is 1.59. The molecule has 3 heteroatoms. The molecule has 0 aliphatic rings. The lowest BCUT2D eigenvalue weighted by Gasteiger charge is -2.06. The Labute approximate surface area is 105 Å². The molecule has 0 fully saturated rings. The maximum atomic E-state index is 9.70. The van der Waals surface area contributed by atoms with Crippen molar-refractivity contribution in [1.29, 1.82) is 0 Å². The van der Waals surface area contributed by atoms with Crippen molar-refractivity contribution in [2.75, 3.05) is 5.73 Å². The zero-order valence-electron chi connectivity index (χ0n) is 9.68. The number of aromatic hydroxyl groups is 1. The molecule has 17 heavy (non-hydrogen) atoms. The fourth-order valence-corrected chi connectivity index (χ4v) is 2.58. The minimum atomic E-state index is 0.305. The lowest BCUT2D eigenvalue weighted by Crippen LogP contribution is -1.88. The van der Waals surface area contributed by atoms with Crippen LogP contribution in [0.25, 0.3) is 0 Å². The van der Waals surface area contributed by atoms with E-state index < -0.39 is 0 Å². The van der Waals surface area contributed by atoms with Crippen LogP contribution in [-0.2, 0) is 5.75 Å². The van der Waals surface area contributed by atoms with Gasteiger partial charge in [-0.15, -0.1) is 11.8 Å². The fraction of sp³-hybridized carbons (Fsp3) is 0.143. The third-order valence-electron chi connectivity index (χ3n) is 2.49. The lowest BCUT2D eigenvalue weighted by molar-refractivity contribution is 0.471. The van der Waals surface area contributed by atoms with Gasteiger partial charge < -0.3 is 10.8 Å². The Kier molecular flexibility index (Phi) is 3.59. The third-order valence-corrected chi connectivity index (χ3v) is 3.53. The zero-order chi connectivity index (χ0) is 12.3. The van der Waals surface area contributed by atoms with E-state index in [2.05, 4.69) is 25.1 Å². The number of benzene rings is 2. The van der Waals surface area contributed by atoms with Gasteiger partial charge in [0, 0.05) is 21.9 Å². The number of phenolic OH excluding ortho intramolecular Hbond substituents is 1. The molecule has 0 saturated carbocycles. The van der Waals surface area contributed by atoms with E-state index in [1.165, 1.54) is 10.5 Å². The van der Waals surface area contributed by atoms with Gasteiger partial charge in [0.25, 0.3) is 0 Å². The van der Waals surface area contributed by atoms with Gasteiger partial charge in [-0.25, -0.2) is 0 Å². The zero-order valence-corrected chi connectivity index (χ0v) is 10.5. The quantitative estimate of drug-likeness (QED) is 0.493. The first-order chi connectivity index (χ1) is 8.15. The van der Waals surface area contributed by atoms with Crippen molar-refractivity contribution in [3.05, 3.63) is 53.6 Å². The summed E-state index contributed by atoms with van der Waals surface area (Å²) < 4.78 is 0. The Bertz CT molecular complexity index is 525. The van der Waals surface area contributed by atoms with Gasteiger partial charge in [-0.1, -0.05) is 17.7 Å². The summed E-state index contributed by atoms with van der Waals surface area (Å²) >= 11 is 1.69. The molecule has 2 rings (SSSR count). The second-order valence-corrected chi connectivity index (χ2v) is 5.04. The van der Waals surface area contributed by atoms with Crippen molar-refractivity contribution in [1.82, 2.24) is 0 Å². The number of rotatable bonds is 3. The van der Waals surface area contributed by atoms with E-state index >= 15 is 0 Å². The van der Waals surface area contributed by atoms with Crippen molar-refractivity contribution in [3.63, 3.8) is 0 Å². The normalized spacial score (nSPS) is 10.4. The summed E-state index contributed by atoms with van der Waals surface area (Å²) in [5.41, 5.74) is 8.50. The predicted octanol–water partition coefficient (Wildman–Crippen LogP) is 3.58. The number of hydrogen-bond acceptors (Lipinski definition) is 3. The molecule has 0 heterocycles. The van der Waals surface area contributed by atoms with Gasteiger partial charge in [-0.3, -0.25) is 0 Å². The SMILES string of the molecule is Cc1cccc(SCc2cc(N)ccc2O)c1. The molecule has 0 radical (unpaired) electrons. The first-order valence-corrected chi connectivity index (χ1v) is 6.40. The highest BCUT2D eigenvalue weighted by Crippen LogP contribution is 2.28. The van der Waals surface area contributed by atoms with E-state index in [-0.39, 0.29) is 0 Å². The summed E-state index contributed by atoms with van der Waals surface area (Å²) in [5.74, 6) is 1.03. The molecule has 2 aromatic carbocycles. The molecule has 0 saturated heterocycles. The van der Waals surface area contributed by atoms with Crippen LogP contribution in [0.2, 0.25) is 0 Å². The molecule has 0 unspecified atom stereocenters. The van der Waals surface area contributed by atoms with Gasteiger partial charge in [0.1, 0.15) is 5.75 Å². The Hall–Kier alpha value is -1.61. The second-order valence-electron chi connectivity index (χ2n) is 3.99. The number of thioether (sulfide) groups is 1. The highest BCUT2D eigenvalue weighted by atomic mass is 32.2. The van der Waals surface area contributed by atoms with E-state index in [4.69, 9.17) is 5.73 Å². The van der Waals surface area contributed by atoms with Crippen LogP contribution in [0.3, 0.4) is 0 Å². The molecule has 0 aliphatic carbocycles. The maximum Gasteiger partial charge on any atom is 0.119 e. The van der Waals surface area contributed by atoms with E-state index in [1.54, 1.807) is 23.9 Å². The molecule has 2 aromatic rings. The van der Waals surface area contributed by atoms with Crippen LogP contribution in [-0.4, -0.2) is 5.11 Å². The predicted molar refractivity (Wildman–Crippen MR) is 73.3 cm³/mol. The smallest absolute Gasteiger partial charge is 0.119 e. The maximum absolute atomic E-state index is 9.70. The van der Waals surface area contributed by atoms with Crippen LogP contribution >= 0.6 is 11.8 Å². The van der Waals surface area contributed by atoms with Crippen LogP contribution in [0.1, 0.15) is 11.1 Å². The molecule has 0 atom stereocenters. The van der Waals surface area contributed by atoms with Crippen molar-refractivity contribution in [2.45, 2.75) is 17.6 Å². The minimum absolute atomic E-state index is 0.305. The van der Waals surface area contributed by atoms with Crippen LogP contribution in [0.4, 0.5) is 5.69 Å². The summed E-state index contributed by atoms with van der Waals surface area (Å²) in [4.78, 5) is 1.20. The van der Waals surface area contributed by atoms with Crippen molar-refractivity contribution in [3.8, 4) is 5.75 Å². The molecule has 88 valence electrons. The first kappa shape index (κ1) is 11.9. The summed E-state index contributed by atoms with van der Waals surface area (Å²) in [7, 11) is 0. The van der Waals surface area contributed by atoms with E-state index in [1.807, 2.05) is 12.1 Å². The largest absolute Gasteiger partial charge is 0.508 e. The van der Waals surface area contributed by atoms with E-state index in [0.717, 1.165) is 11.3 Å². The Balaban J connectivity index is 2.09. The molecular formula is C14H15NOS. The summed E-state index contributed by atoms with van der Waals surface area (Å²) in [6.07, 6.45) is 0. The Morgan fingerprint density at radius 3 is 2.76 bits per heavy atom. The summed E-state index contributed by atoms with van der Waals surface area (Å²) in [6, 6.07) is 13.5. The second kappa shape index (κ2) is 5.15. The number of phenols is 1. The Morgan fingerprint density at radius 1 is 1.18 bits per heavy atom. The number of hydrogen-bond donors (Lipinski definition) is 2. The molecule has 0 amide bonds. The number of anilines is 1. The van der Waals surface area contributed by atoms with Crippen LogP contribution in [0.15, 0.2) is 47.4 Å². The number of aryl methyl sites for hydroxylation is 1. The standard InChI is InChI=1S/C14H15NOS/c1-10-3-2-4-13(7-10)17-9-11-8-12(15)5-6-14(11)16/h2-8,16H,9,15H2,1H3. The van der Waals surface area contributed by atoms with Gasteiger partial charge >= 0.3 is 0 Å². The van der Waals surface area contributed by atoms with Crippen molar-refractivity contribution in [2.24, 2.45) is 0 Å². The molecule has 0 aliphatic heterocycles. The topological polar surface area (TPSA) is 46.2 Å². The molecule has 0 spiro atoms. The Morgan fingerprint density at radius 2 is 2.00 bits per heavy atom. The van der Waals surface area contributed by atoms with Crippen LogP contribution < -0.4 is 5.73 Å². The molecule has 3 N–H and O–H groups in total. The summed E-state index contributed by atoms with van der Waals surface area (Å²) in [5, 5.41) is 9.70. The number of nitrogen functional groups attached to an aromatic ring is 1. The minimum Gasteiger partial charge on any atom is -0.508 e. The van der Waals surface area contributed by atoms with Gasteiger partial charge in [0.05, 0.1) is 0 Å². The van der Waals surface area contributed by atoms with Gasteiger partial charge in [-0.2, -0.15) is 0 Å². The molecule has 0 bridgehead atoms. The third kappa shape index (κ3) is 3.17. The number of nitrogens with two attached hydrogens (primary N) is 1. The highest BCUT2D eigenvalue weighted by molar-refractivity contribution is 7.98. The van der Waals surface area contributed by atoms with E-state index in [9.17, 15) is 5.11 Å². The average molecular weight is 245 g/mol. The first-order valence-electron chi connectivity index (χ1n) is 5.42. The van der Waals surface area contributed by atoms with Gasteiger partial charge in [0.2, 0.25) is 0 Å². The van der Waals surface area contributed by atoms with Crippen molar-refractivity contribution >= 4 is 17.4 Å². The molecule has 2 nitrogen and oxygen atoms in total. The van der Waals surface area contributed by atoms with Crippen LogP contribution in [0.5, 0.6) is 5.75 Å². The van der Waals surface area contributed by atoms with E-state index in [0.29, 0.717) is 11.4 Å².